The molecule has 3 aliphatic rings. The third kappa shape index (κ3) is 2.65. The summed E-state index contributed by atoms with van der Waals surface area (Å²) < 4.78 is 5.36. The average molecular weight is 396 g/mol. The topological polar surface area (TPSA) is 63.7 Å². The second kappa shape index (κ2) is 6.45. The maximum Gasteiger partial charge on any atom is 0.343 e. The molecule has 2 saturated carbocycles. The molecule has 3 fully saturated rings. The van der Waals surface area contributed by atoms with Gasteiger partial charge in [-0.05, 0) is 79.6 Å². The molecule has 0 radical (unpaired) electrons. The van der Waals surface area contributed by atoms with Gasteiger partial charge in [0, 0.05) is 5.02 Å². The number of anilines is 1. The van der Waals surface area contributed by atoms with Crippen molar-refractivity contribution in [3.8, 4) is 5.75 Å². The lowest BCUT2D eigenvalue weighted by atomic mass is 9.81. The van der Waals surface area contributed by atoms with Crippen LogP contribution >= 0.6 is 11.6 Å². The number of hydrogen-bond acceptors (Lipinski definition) is 4. The first-order chi connectivity index (χ1) is 13.5. The largest absolute Gasteiger partial charge is 0.423 e. The van der Waals surface area contributed by atoms with Crippen molar-refractivity contribution in [2.45, 2.75) is 19.3 Å². The maximum atomic E-state index is 12.9. The number of imide groups is 1. The molecule has 2 aliphatic carbocycles. The van der Waals surface area contributed by atoms with Gasteiger partial charge >= 0.3 is 5.97 Å². The van der Waals surface area contributed by atoms with Crippen molar-refractivity contribution in [2.75, 3.05) is 4.90 Å². The molecule has 5 nitrogen and oxygen atoms in total. The Morgan fingerprint density at radius 2 is 1.46 bits per heavy atom. The number of esters is 1. The predicted molar refractivity (Wildman–Crippen MR) is 103 cm³/mol. The lowest BCUT2D eigenvalue weighted by Gasteiger charge is -2.19. The van der Waals surface area contributed by atoms with E-state index in [1.807, 2.05) is 0 Å². The molecule has 2 aromatic rings. The number of carbonyl (C=O) groups is 3. The molecule has 2 aromatic carbocycles. The van der Waals surface area contributed by atoms with Crippen LogP contribution in [0.1, 0.15) is 29.6 Å². The van der Waals surface area contributed by atoms with E-state index in [2.05, 4.69) is 0 Å². The van der Waals surface area contributed by atoms with Crippen LogP contribution < -0.4 is 9.64 Å². The molecule has 1 saturated heterocycles. The number of halogens is 1. The molecular weight excluding hydrogens is 378 g/mol. The van der Waals surface area contributed by atoms with E-state index in [0.29, 0.717) is 33.9 Å². The van der Waals surface area contributed by atoms with Crippen LogP contribution in [0.2, 0.25) is 5.02 Å². The van der Waals surface area contributed by atoms with Gasteiger partial charge in [0.15, 0.2) is 0 Å². The molecule has 6 heteroatoms. The molecular formula is C22H18ClNO4. The number of benzene rings is 2. The number of fused-ring (bicyclic) bond motifs is 5. The van der Waals surface area contributed by atoms with Gasteiger partial charge in [0.1, 0.15) is 5.75 Å². The van der Waals surface area contributed by atoms with Gasteiger partial charge < -0.3 is 4.74 Å². The van der Waals surface area contributed by atoms with E-state index in [0.717, 1.165) is 19.3 Å². The monoisotopic (exact) mass is 395 g/mol. The Kier molecular flexibility index (Phi) is 4.02. The summed E-state index contributed by atoms with van der Waals surface area (Å²) in [6, 6.07) is 12.9. The van der Waals surface area contributed by atoms with Crippen LogP contribution in [-0.2, 0) is 9.59 Å². The van der Waals surface area contributed by atoms with E-state index in [9.17, 15) is 14.4 Å². The molecule has 5 rings (SSSR count). The molecule has 28 heavy (non-hydrogen) atoms. The Labute approximate surface area is 167 Å². The summed E-state index contributed by atoms with van der Waals surface area (Å²) >= 11 is 5.82. The van der Waals surface area contributed by atoms with Crippen LogP contribution in [-0.4, -0.2) is 17.8 Å². The first-order valence-corrected chi connectivity index (χ1v) is 9.86. The zero-order valence-electron chi connectivity index (χ0n) is 15.0. The van der Waals surface area contributed by atoms with Gasteiger partial charge in [-0.2, -0.15) is 0 Å². The van der Waals surface area contributed by atoms with Crippen LogP contribution in [0.15, 0.2) is 48.5 Å². The van der Waals surface area contributed by atoms with Crippen molar-refractivity contribution in [1.29, 1.82) is 0 Å². The van der Waals surface area contributed by atoms with Crippen molar-refractivity contribution in [3.63, 3.8) is 0 Å². The third-order valence-electron chi connectivity index (χ3n) is 6.31. The molecule has 4 atom stereocenters. The fourth-order valence-electron chi connectivity index (χ4n) is 5.08. The van der Waals surface area contributed by atoms with Crippen LogP contribution in [0.4, 0.5) is 5.69 Å². The Hall–Kier alpha value is -2.66. The van der Waals surface area contributed by atoms with Gasteiger partial charge in [-0.15, -0.1) is 0 Å². The van der Waals surface area contributed by atoms with Crippen molar-refractivity contribution < 1.29 is 19.1 Å². The first kappa shape index (κ1) is 17.4. The van der Waals surface area contributed by atoms with Crippen molar-refractivity contribution in [2.24, 2.45) is 23.7 Å². The third-order valence-corrected chi connectivity index (χ3v) is 6.56. The van der Waals surface area contributed by atoms with E-state index >= 15 is 0 Å². The average Bonchev–Trinajstić information content (AvgIpc) is 3.37. The zero-order valence-corrected chi connectivity index (χ0v) is 15.8. The summed E-state index contributed by atoms with van der Waals surface area (Å²) in [5, 5.41) is 0.541. The Balaban J connectivity index is 1.33. The highest BCUT2D eigenvalue weighted by Crippen LogP contribution is 2.56. The van der Waals surface area contributed by atoms with Crippen LogP contribution in [0, 0.1) is 23.7 Å². The van der Waals surface area contributed by atoms with E-state index in [-0.39, 0.29) is 23.7 Å². The lowest BCUT2D eigenvalue weighted by molar-refractivity contribution is -0.123. The fourth-order valence-corrected chi connectivity index (χ4v) is 5.20. The highest BCUT2D eigenvalue weighted by molar-refractivity contribution is 6.30. The molecule has 0 aromatic heterocycles. The van der Waals surface area contributed by atoms with Crippen LogP contribution in [0.3, 0.4) is 0 Å². The zero-order chi connectivity index (χ0) is 19.4. The van der Waals surface area contributed by atoms with Crippen LogP contribution in [0.25, 0.3) is 0 Å². The van der Waals surface area contributed by atoms with Crippen molar-refractivity contribution >= 4 is 35.1 Å². The Morgan fingerprint density at radius 1 is 0.893 bits per heavy atom. The number of rotatable bonds is 3. The molecule has 1 aliphatic heterocycles. The molecule has 2 bridgehead atoms. The SMILES string of the molecule is O=C(Oc1ccc(N2C(=O)[C@@H]3[C@H]4CC[C@H](C4)[C@@H]3C2=O)cc1)c1ccc(Cl)cc1. The van der Waals surface area contributed by atoms with Gasteiger partial charge in [0.2, 0.25) is 11.8 Å². The predicted octanol–water partition coefficient (Wildman–Crippen LogP) is 4.09. The fraction of sp³-hybridized carbons (Fsp3) is 0.318. The summed E-state index contributed by atoms with van der Waals surface area (Å²) in [6.07, 6.45) is 3.12. The summed E-state index contributed by atoms with van der Waals surface area (Å²) in [4.78, 5) is 39.3. The summed E-state index contributed by atoms with van der Waals surface area (Å²) in [7, 11) is 0. The van der Waals surface area contributed by atoms with Crippen molar-refractivity contribution in [1.82, 2.24) is 0 Å². The standard InChI is InChI=1S/C22H18ClNO4/c23-15-5-3-12(4-6-15)22(27)28-17-9-7-16(8-10-17)24-20(25)18-13-1-2-14(11-13)19(18)21(24)26/h3-10,13-14,18-19H,1-2,11H2/t13-,14+,18+,19-. The quantitative estimate of drug-likeness (QED) is 0.446. The summed E-state index contributed by atoms with van der Waals surface area (Å²) in [6.45, 7) is 0. The molecule has 142 valence electrons. The minimum atomic E-state index is -0.496. The van der Waals surface area contributed by atoms with Crippen LogP contribution in [0.5, 0.6) is 5.75 Å². The highest BCUT2D eigenvalue weighted by atomic mass is 35.5. The molecule has 0 spiro atoms. The number of hydrogen-bond donors (Lipinski definition) is 0. The van der Waals surface area contributed by atoms with E-state index < -0.39 is 5.97 Å². The van der Waals surface area contributed by atoms with Gasteiger partial charge in [-0.1, -0.05) is 11.6 Å². The van der Waals surface area contributed by atoms with Gasteiger partial charge in [0.05, 0.1) is 23.1 Å². The number of carbonyl (C=O) groups excluding carboxylic acids is 3. The van der Waals surface area contributed by atoms with E-state index in [4.69, 9.17) is 16.3 Å². The number of ether oxygens (including phenoxy) is 1. The minimum absolute atomic E-state index is 0.0758. The van der Waals surface area contributed by atoms with Crippen molar-refractivity contribution in [3.05, 3.63) is 59.1 Å². The number of nitrogens with zero attached hydrogens (tertiary/aromatic N) is 1. The molecule has 0 unspecified atom stereocenters. The van der Waals surface area contributed by atoms with Gasteiger partial charge in [0.25, 0.3) is 0 Å². The molecule has 2 amide bonds. The Morgan fingerprint density at radius 3 is 2.04 bits per heavy atom. The van der Waals surface area contributed by atoms with Gasteiger partial charge in [-0.25, -0.2) is 4.79 Å². The summed E-state index contributed by atoms with van der Waals surface area (Å²) in [5.74, 6) is 0.127. The highest BCUT2D eigenvalue weighted by Gasteiger charge is 2.61. The normalized spacial score (nSPS) is 28.0. The smallest absolute Gasteiger partial charge is 0.343 e. The van der Waals surface area contributed by atoms with E-state index in [1.165, 1.54) is 4.90 Å². The number of amides is 2. The second-order valence-electron chi connectivity index (χ2n) is 7.79. The van der Waals surface area contributed by atoms with E-state index in [1.54, 1.807) is 48.5 Å². The first-order valence-electron chi connectivity index (χ1n) is 9.48. The maximum absolute atomic E-state index is 12.9. The summed E-state index contributed by atoms with van der Waals surface area (Å²) in [5.41, 5.74) is 0.928. The second-order valence-corrected chi connectivity index (χ2v) is 8.22. The molecule has 1 heterocycles. The molecule has 0 N–H and O–H groups in total. The Bertz CT molecular complexity index is 941. The van der Waals surface area contributed by atoms with Gasteiger partial charge in [-0.3, -0.25) is 14.5 Å². The minimum Gasteiger partial charge on any atom is -0.423 e. The lowest BCUT2D eigenvalue weighted by Crippen LogP contribution is -2.32.